The fourth-order valence-corrected chi connectivity index (χ4v) is 2.60. The molecule has 0 saturated carbocycles. The lowest BCUT2D eigenvalue weighted by molar-refractivity contribution is 0.106. The van der Waals surface area contributed by atoms with E-state index in [2.05, 4.69) is 10.1 Å². The predicted octanol–water partition coefficient (Wildman–Crippen LogP) is 3.82. The summed E-state index contributed by atoms with van der Waals surface area (Å²) in [6.45, 7) is 0. The number of nitrogens with zero attached hydrogens (tertiary/aromatic N) is 2. The maximum Gasteiger partial charge on any atom is 0.215 e. The van der Waals surface area contributed by atoms with Crippen LogP contribution in [0.4, 0.5) is 0 Å². The predicted molar refractivity (Wildman–Crippen MR) is 95.3 cm³/mol. The van der Waals surface area contributed by atoms with Gasteiger partial charge in [0.15, 0.2) is 5.71 Å². The third-order valence-electron chi connectivity index (χ3n) is 3.82. The van der Waals surface area contributed by atoms with Crippen LogP contribution in [-0.2, 0) is 0 Å². The summed E-state index contributed by atoms with van der Waals surface area (Å²) in [4.78, 5) is 16.9. The second-order valence-corrected chi connectivity index (χ2v) is 5.29. The molecule has 0 bridgehead atoms. The smallest absolute Gasteiger partial charge is 0.215 e. The van der Waals surface area contributed by atoms with Crippen LogP contribution in [0.5, 0.6) is 5.75 Å². The van der Waals surface area contributed by atoms with Gasteiger partial charge in [0.25, 0.3) is 0 Å². The highest BCUT2D eigenvalue weighted by molar-refractivity contribution is 6.52. The van der Waals surface area contributed by atoms with E-state index in [0.717, 1.165) is 11.1 Å². The van der Waals surface area contributed by atoms with Crippen molar-refractivity contribution in [2.24, 2.45) is 5.16 Å². The third kappa shape index (κ3) is 3.40. The Kier molecular flexibility index (Phi) is 4.85. The van der Waals surface area contributed by atoms with E-state index in [1.165, 1.54) is 0 Å². The molecular weight excluding hydrogens is 316 g/mol. The molecular formula is C20H16N2O3. The van der Waals surface area contributed by atoms with Gasteiger partial charge in [0, 0.05) is 23.5 Å². The summed E-state index contributed by atoms with van der Waals surface area (Å²) in [5, 5.41) is 12.6. The number of hydrogen-bond acceptors (Lipinski definition) is 5. The highest BCUT2D eigenvalue weighted by atomic mass is 16.5. The lowest BCUT2D eigenvalue weighted by Crippen LogP contribution is -2.17. The molecule has 124 valence electrons. The van der Waals surface area contributed by atoms with Gasteiger partial charge in [-0.1, -0.05) is 41.6 Å². The molecule has 0 saturated heterocycles. The summed E-state index contributed by atoms with van der Waals surface area (Å²) in [7, 11) is 1.59. The van der Waals surface area contributed by atoms with Gasteiger partial charge in [-0.15, -0.1) is 0 Å². The molecule has 0 fully saturated rings. The maximum atomic E-state index is 13.0. The van der Waals surface area contributed by atoms with Crippen LogP contribution in [-0.4, -0.2) is 28.8 Å². The lowest BCUT2D eigenvalue weighted by atomic mass is 9.93. The van der Waals surface area contributed by atoms with E-state index in [0.29, 0.717) is 16.9 Å². The third-order valence-corrected chi connectivity index (χ3v) is 3.82. The number of carbonyl (C=O) groups is 1. The number of hydrogen-bond donors (Lipinski definition) is 1. The van der Waals surface area contributed by atoms with Crippen molar-refractivity contribution in [1.29, 1.82) is 0 Å². The summed E-state index contributed by atoms with van der Waals surface area (Å²) >= 11 is 0. The summed E-state index contributed by atoms with van der Waals surface area (Å²) in [6, 6.07) is 17.9. The number of benzene rings is 2. The van der Waals surface area contributed by atoms with Crippen molar-refractivity contribution in [2.75, 3.05) is 7.11 Å². The summed E-state index contributed by atoms with van der Waals surface area (Å²) in [5.74, 6) is 0.331. The zero-order chi connectivity index (χ0) is 17.6. The van der Waals surface area contributed by atoms with Crippen molar-refractivity contribution in [1.82, 2.24) is 4.98 Å². The zero-order valence-corrected chi connectivity index (χ0v) is 13.6. The molecule has 0 aliphatic carbocycles. The van der Waals surface area contributed by atoms with Gasteiger partial charge >= 0.3 is 0 Å². The van der Waals surface area contributed by atoms with Crippen molar-refractivity contribution in [3.05, 3.63) is 84.2 Å². The SMILES string of the molecule is COc1cccc(-c2ccccc2C(=O)C(=NO)c2ccncc2)c1. The Morgan fingerprint density at radius 1 is 1.04 bits per heavy atom. The number of oxime groups is 1. The normalized spacial score (nSPS) is 11.2. The molecule has 0 unspecified atom stereocenters. The first-order valence-electron chi connectivity index (χ1n) is 7.65. The molecule has 3 aromatic rings. The van der Waals surface area contributed by atoms with Crippen molar-refractivity contribution >= 4 is 11.5 Å². The Bertz CT molecular complexity index is 921. The van der Waals surface area contributed by atoms with E-state index in [1.54, 1.807) is 43.8 Å². The number of aromatic nitrogens is 1. The molecule has 0 aliphatic heterocycles. The average Bonchev–Trinajstić information content (AvgIpc) is 2.69. The highest BCUT2D eigenvalue weighted by Crippen LogP contribution is 2.28. The molecule has 0 amide bonds. The van der Waals surface area contributed by atoms with Crippen molar-refractivity contribution < 1.29 is 14.7 Å². The van der Waals surface area contributed by atoms with Crippen molar-refractivity contribution in [2.45, 2.75) is 0 Å². The van der Waals surface area contributed by atoms with Crippen LogP contribution in [0.15, 0.2) is 78.2 Å². The van der Waals surface area contributed by atoms with Gasteiger partial charge in [0.2, 0.25) is 5.78 Å². The number of rotatable bonds is 5. The Labute approximate surface area is 145 Å². The molecule has 2 aromatic carbocycles. The standard InChI is InChI=1S/C20H16N2O3/c1-25-16-6-4-5-15(13-16)17-7-2-3-8-18(17)20(23)19(22-24)14-9-11-21-12-10-14/h2-13,24H,1H3. The van der Waals surface area contributed by atoms with Crippen LogP contribution in [0.1, 0.15) is 15.9 Å². The summed E-state index contributed by atoms with van der Waals surface area (Å²) in [5.41, 5.74) is 2.50. The molecule has 1 N–H and O–H groups in total. The van der Waals surface area contributed by atoms with Crippen molar-refractivity contribution in [3.63, 3.8) is 0 Å². The lowest BCUT2D eigenvalue weighted by Gasteiger charge is -2.11. The molecule has 25 heavy (non-hydrogen) atoms. The molecule has 5 nitrogen and oxygen atoms in total. The fraction of sp³-hybridized carbons (Fsp3) is 0.0500. The molecule has 3 rings (SSSR count). The summed E-state index contributed by atoms with van der Waals surface area (Å²) in [6.07, 6.45) is 3.09. The molecule has 0 radical (unpaired) electrons. The monoisotopic (exact) mass is 332 g/mol. The van der Waals surface area contributed by atoms with Crippen LogP contribution >= 0.6 is 0 Å². The largest absolute Gasteiger partial charge is 0.497 e. The number of carbonyl (C=O) groups excluding carboxylic acids is 1. The maximum absolute atomic E-state index is 13.0. The van der Waals surface area contributed by atoms with E-state index >= 15 is 0 Å². The first kappa shape index (κ1) is 16.4. The minimum absolute atomic E-state index is 0.0299. The van der Waals surface area contributed by atoms with Gasteiger partial charge in [-0.2, -0.15) is 0 Å². The Morgan fingerprint density at radius 2 is 1.80 bits per heavy atom. The molecule has 0 spiro atoms. The Balaban J connectivity index is 2.07. The van der Waals surface area contributed by atoms with Crippen LogP contribution in [0.3, 0.4) is 0 Å². The van der Waals surface area contributed by atoms with E-state index in [1.807, 2.05) is 36.4 Å². The van der Waals surface area contributed by atoms with Crippen molar-refractivity contribution in [3.8, 4) is 16.9 Å². The molecule has 0 atom stereocenters. The van der Waals surface area contributed by atoms with Gasteiger partial charge < -0.3 is 9.94 Å². The first-order chi connectivity index (χ1) is 12.2. The Morgan fingerprint density at radius 3 is 2.52 bits per heavy atom. The number of ether oxygens (including phenoxy) is 1. The number of methoxy groups -OCH3 is 1. The average molecular weight is 332 g/mol. The topological polar surface area (TPSA) is 71.8 Å². The van der Waals surface area contributed by atoms with Gasteiger partial charge in [-0.25, -0.2) is 0 Å². The number of ketones is 1. The Hall–Kier alpha value is -3.47. The molecule has 1 heterocycles. The minimum Gasteiger partial charge on any atom is -0.497 e. The highest BCUT2D eigenvalue weighted by Gasteiger charge is 2.20. The van der Waals surface area contributed by atoms with Gasteiger partial charge in [0.1, 0.15) is 5.75 Å². The van der Waals surface area contributed by atoms with E-state index in [4.69, 9.17) is 4.74 Å². The fourth-order valence-electron chi connectivity index (χ4n) is 2.60. The van der Waals surface area contributed by atoms with E-state index in [9.17, 15) is 10.0 Å². The molecule has 0 aliphatic rings. The number of pyridine rings is 1. The zero-order valence-electron chi connectivity index (χ0n) is 13.6. The second-order valence-electron chi connectivity index (χ2n) is 5.29. The quantitative estimate of drug-likeness (QED) is 0.334. The first-order valence-corrected chi connectivity index (χ1v) is 7.65. The van der Waals surface area contributed by atoms with E-state index in [-0.39, 0.29) is 11.5 Å². The van der Waals surface area contributed by atoms with Gasteiger partial charge in [-0.05, 0) is 35.4 Å². The van der Waals surface area contributed by atoms with Crippen LogP contribution in [0, 0.1) is 0 Å². The minimum atomic E-state index is -0.368. The van der Waals surface area contributed by atoms with Gasteiger partial charge in [-0.3, -0.25) is 9.78 Å². The number of Topliss-reactive ketones (excluding diaryl/α,β-unsaturated/α-hetero) is 1. The van der Waals surface area contributed by atoms with Crippen LogP contribution in [0.25, 0.3) is 11.1 Å². The molecule has 5 heteroatoms. The van der Waals surface area contributed by atoms with Gasteiger partial charge in [0.05, 0.1) is 7.11 Å². The second kappa shape index (κ2) is 7.40. The van der Waals surface area contributed by atoms with Crippen LogP contribution < -0.4 is 4.74 Å². The molecule has 1 aromatic heterocycles. The van der Waals surface area contributed by atoms with E-state index < -0.39 is 0 Å². The van der Waals surface area contributed by atoms with Crippen LogP contribution in [0.2, 0.25) is 0 Å². The summed E-state index contributed by atoms with van der Waals surface area (Å²) < 4.78 is 5.26.